The van der Waals surface area contributed by atoms with Crippen molar-refractivity contribution in [3.8, 4) is 0 Å². The molecule has 2 heterocycles. The van der Waals surface area contributed by atoms with E-state index in [1.165, 1.54) is 23.4 Å². The smallest absolute Gasteiger partial charge is 0.0600 e. The second-order valence-corrected chi connectivity index (χ2v) is 7.03. The lowest BCUT2D eigenvalue weighted by Crippen LogP contribution is -2.53. The van der Waals surface area contributed by atoms with Crippen LogP contribution in [0.3, 0.4) is 0 Å². The molecule has 17 heavy (non-hydrogen) atoms. The van der Waals surface area contributed by atoms with Crippen LogP contribution in [0.25, 0.3) is 0 Å². The molecule has 96 valence electrons. The van der Waals surface area contributed by atoms with Gasteiger partial charge in [0.2, 0.25) is 0 Å². The van der Waals surface area contributed by atoms with Gasteiger partial charge in [0.15, 0.2) is 0 Å². The summed E-state index contributed by atoms with van der Waals surface area (Å²) in [7, 11) is 0. The summed E-state index contributed by atoms with van der Waals surface area (Å²) in [6, 6.07) is 2.89. The Morgan fingerprint density at radius 1 is 1.41 bits per heavy atom. The van der Waals surface area contributed by atoms with Crippen LogP contribution in [0.5, 0.6) is 0 Å². The normalized spacial score (nSPS) is 27.4. The maximum absolute atomic E-state index is 6.39. The lowest BCUT2D eigenvalue weighted by atomic mass is 9.89. The molecule has 3 heteroatoms. The van der Waals surface area contributed by atoms with E-state index in [9.17, 15) is 0 Å². The molecule has 2 nitrogen and oxygen atoms in total. The summed E-state index contributed by atoms with van der Waals surface area (Å²) in [5.74, 6) is 0. The zero-order valence-corrected chi connectivity index (χ0v) is 12.2. The first-order chi connectivity index (χ1) is 7.91. The van der Waals surface area contributed by atoms with Crippen LogP contribution in [0.4, 0.5) is 0 Å². The molecular formula is C14H24N2S. The van der Waals surface area contributed by atoms with E-state index in [-0.39, 0.29) is 11.6 Å². The van der Waals surface area contributed by atoms with E-state index >= 15 is 0 Å². The van der Waals surface area contributed by atoms with E-state index in [1.807, 2.05) is 11.3 Å². The number of hydrogen-bond acceptors (Lipinski definition) is 3. The Bertz CT molecular complexity index is 378. The third kappa shape index (κ3) is 2.56. The van der Waals surface area contributed by atoms with Crippen molar-refractivity contribution < 1.29 is 0 Å². The van der Waals surface area contributed by atoms with Gasteiger partial charge in [-0.15, -0.1) is 11.3 Å². The van der Waals surface area contributed by atoms with Crippen LogP contribution < -0.4 is 5.73 Å². The Balaban J connectivity index is 2.35. The van der Waals surface area contributed by atoms with Gasteiger partial charge in [-0.25, -0.2) is 0 Å². The van der Waals surface area contributed by atoms with Crippen molar-refractivity contribution in [2.24, 2.45) is 5.73 Å². The summed E-state index contributed by atoms with van der Waals surface area (Å²) in [6.07, 6.45) is 2.37. The highest BCUT2D eigenvalue weighted by molar-refractivity contribution is 7.10. The molecular weight excluding hydrogens is 228 g/mol. The minimum atomic E-state index is 0.194. The molecule has 1 aromatic rings. The Kier molecular flexibility index (Phi) is 3.62. The maximum Gasteiger partial charge on any atom is 0.0600 e. The van der Waals surface area contributed by atoms with E-state index in [1.54, 1.807) is 0 Å². The Hall–Kier alpha value is -0.380. The number of rotatable bonds is 1. The lowest BCUT2D eigenvalue weighted by molar-refractivity contribution is 0.0399. The van der Waals surface area contributed by atoms with Crippen LogP contribution in [-0.2, 0) is 0 Å². The topological polar surface area (TPSA) is 29.3 Å². The van der Waals surface area contributed by atoms with Crippen LogP contribution in [0.15, 0.2) is 11.4 Å². The summed E-state index contributed by atoms with van der Waals surface area (Å²) in [5.41, 5.74) is 7.98. The van der Waals surface area contributed by atoms with Gasteiger partial charge in [0.05, 0.1) is 6.04 Å². The minimum Gasteiger partial charge on any atom is -0.326 e. The molecule has 0 bridgehead atoms. The zero-order valence-electron chi connectivity index (χ0n) is 11.4. The summed E-state index contributed by atoms with van der Waals surface area (Å²) >= 11 is 1.86. The molecule has 0 aliphatic carbocycles. The monoisotopic (exact) mass is 252 g/mol. The van der Waals surface area contributed by atoms with Crippen molar-refractivity contribution in [2.75, 3.05) is 6.54 Å². The van der Waals surface area contributed by atoms with Gasteiger partial charge in [0, 0.05) is 16.5 Å². The fourth-order valence-corrected chi connectivity index (χ4v) is 3.92. The van der Waals surface area contributed by atoms with Gasteiger partial charge in [-0.05, 0) is 64.1 Å². The fourth-order valence-electron chi connectivity index (χ4n) is 2.80. The number of hydrogen-bond donors (Lipinski definition) is 1. The highest BCUT2D eigenvalue weighted by atomic mass is 32.1. The standard InChI is InChI=1S/C14H24N2S/c1-10-7-9-17-13(10)12-11(15)6-5-8-16(12)14(2,3)4/h7,9,11-12H,5-6,8,15H2,1-4H3. The molecule has 1 saturated heterocycles. The van der Waals surface area contributed by atoms with Crippen LogP contribution >= 0.6 is 11.3 Å². The third-order valence-electron chi connectivity index (χ3n) is 3.71. The van der Waals surface area contributed by atoms with Gasteiger partial charge in [-0.1, -0.05) is 0 Å². The SMILES string of the molecule is Cc1ccsc1C1C(N)CCCN1C(C)(C)C. The van der Waals surface area contributed by atoms with Gasteiger partial charge in [-0.3, -0.25) is 4.90 Å². The molecule has 2 atom stereocenters. The molecule has 0 amide bonds. The second kappa shape index (κ2) is 4.71. The molecule has 1 aromatic heterocycles. The average Bonchev–Trinajstić information content (AvgIpc) is 2.62. The van der Waals surface area contributed by atoms with Crippen LogP contribution in [0, 0.1) is 6.92 Å². The predicted molar refractivity (Wildman–Crippen MR) is 75.5 cm³/mol. The first-order valence-corrected chi connectivity index (χ1v) is 7.35. The maximum atomic E-state index is 6.39. The van der Waals surface area contributed by atoms with Gasteiger partial charge < -0.3 is 5.73 Å². The van der Waals surface area contributed by atoms with E-state index in [0.29, 0.717) is 6.04 Å². The van der Waals surface area contributed by atoms with Gasteiger partial charge in [0.1, 0.15) is 0 Å². The molecule has 0 aromatic carbocycles. The van der Waals surface area contributed by atoms with Crippen LogP contribution in [0.1, 0.15) is 50.1 Å². The Morgan fingerprint density at radius 3 is 2.65 bits per heavy atom. The minimum absolute atomic E-state index is 0.194. The fraction of sp³-hybridized carbons (Fsp3) is 0.714. The number of piperidine rings is 1. The molecule has 2 N–H and O–H groups in total. The highest BCUT2D eigenvalue weighted by Crippen LogP contribution is 2.38. The summed E-state index contributed by atoms with van der Waals surface area (Å²) < 4.78 is 0. The van der Waals surface area contributed by atoms with Crippen molar-refractivity contribution >= 4 is 11.3 Å². The largest absolute Gasteiger partial charge is 0.326 e. The van der Waals surface area contributed by atoms with E-state index in [4.69, 9.17) is 5.73 Å². The highest BCUT2D eigenvalue weighted by Gasteiger charge is 2.37. The molecule has 1 fully saturated rings. The van der Waals surface area contributed by atoms with Gasteiger partial charge >= 0.3 is 0 Å². The molecule has 1 aliphatic rings. The lowest BCUT2D eigenvalue weighted by Gasteiger charge is -2.47. The van der Waals surface area contributed by atoms with E-state index < -0.39 is 0 Å². The Morgan fingerprint density at radius 2 is 2.12 bits per heavy atom. The molecule has 1 aliphatic heterocycles. The van der Waals surface area contributed by atoms with Gasteiger partial charge in [-0.2, -0.15) is 0 Å². The van der Waals surface area contributed by atoms with Crippen molar-refractivity contribution in [2.45, 2.75) is 58.2 Å². The quantitative estimate of drug-likeness (QED) is 0.831. The molecule has 0 spiro atoms. The number of thiophene rings is 1. The zero-order chi connectivity index (χ0) is 12.6. The summed E-state index contributed by atoms with van der Waals surface area (Å²) in [4.78, 5) is 4.05. The third-order valence-corrected chi connectivity index (χ3v) is 4.80. The average molecular weight is 252 g/mol. The first kappa shape index (κ1) is 13.1. The molecule has 2 rings (SSSR count). The number of nitrogens with zero attached hydrogens (tertiary/aromatic N) is 1. The number of nitrogens with two attached hydrogens (primary N) is 1. The number of likely N-dealkylation sites (tertiary alicyclic amines) is 1. The molecule has 2 unspecified atom stereocenters. The van der Waals surface area contributed by atoms with E-state index in [2.05, 4.69) is 44.0 Å². The first-order valence-electron chi connectivity index (χ1n) is 6.47. The van der Waals surface area contributed by atoms with Crippen molar-refractivity contribution in [3.63, 3.8) is 0 Å². The van der Waals surface area contributed by atoms with Crippen molar-refractivity contribution in [1.82, 2.24) is 4.90 Å². The van der Waals surface area contributed by atoms with Crippen LogP contribution in [-0.4, -0.2) is 23.0 Å². The van der Waals surface area contributed by atoms with E-state index in [0.717, 1.165) is 6.42 Å². The second-order valence-electron chi connectivity index (χ2n) is 6.08. The van der Waals surface area contributed by atoms with Crippen molar-refractivity contribution in [1.29, 1.82) is 0 Å². The summed E-state index contributed by atoms with van der Waals surface area (Å²) in [6.45, 7) is 10.2. The summed E-state index contributed by atoms with van der Waals surface area (Å²) in [5, 5.41) is 2.19. The number of aryl methyl sites for hydroxylation is 1. The predicted octanol–water partition coefficient (Wildman–Crippen LogP) is 3.32. The van der Waals surface area contributed by atoms with Crippen molar-refractivity contribution in [3.05, 3.63) is 21.9 Å². The van der Waals surface area contributed by atoms with Crippen LogP contribution in [0.2, 0.25) is 0 Å². The molecule has 0 radical (unpaired) electrons. The Labute approximate surface area is 109 Å². The molecule has 0 saturated carbocycles. The van der Waals surface area contributed by atoms with Gasteiger partial charge in [0.25, 0.3) is 0 Å².